The largest absolute Gasteiger partial charge is 0.480 e. The smallest absolute Gasteiger partial charge is 0.329 e. The number of hydrogen-bond donors (Lipinski definition) is 5. The summed E-state index contributed by atoms with van der Waals surface area (Å²) in [6, 6.07) is 0. The number of nitrogens with two attached hydrogens (primary N) is 1. The fourth-order valence-corrected chi connectivity index (χ4v) is 1.38. The van der Waals surface area contributed by atoms with Crippen molar-refractivity contribution < 1.29 is 30.0 Å². The maximum atomic E-state index is 10.8. The third kappa shape index (κ3) is 1.39. The third-order valence-corrected chi connectivity index (χ3v) is 2.49. The summed E-state index contributed by atoms with van der Waals surface area (Å²) in [4.78, 5) is 10.8. The normalized spacial score (nSPS) is 48.9. The molecule has 0 amide bonds. The molecule has 0 spiro atoms. The van der Waals surface area contributed by atoms with Crippen molar-refractivity contribution in [3.8, 4) is 0 Å². The van der Waals surface area contributed by atoms with Crippen LogP contribution in [-0.2, 0) is 9.53 Å². The van der Waals surface area contributed by atoms with E-state index in [1.165, 1.54) is 6.92 Å². The van der Waals surface area contributed by atoms with Crippen LogP contribution in [0.2, 0.25) is 0 Å². The van der Waals surface area contributed by atoms with Crippen LogP contribution in [0.5, 0.6) is 0 Å². The Bertz CT molecular complexity index is 246. The Hall–Kier alpha value is -0.730. The maximum Gasteiger partial charge on any atom is 0.329 e. The first-order chi connectivity index (χ1) is 6.31. The number of carbonyl (C=O) groups is 1. The van der Waals surface area contributed by atoms with Gasteiger partial charge < -0.3 is 30.9 Å². The Balaban J connectivity index is 3.00. The highest BCUT2D eigenvalue weighted by Gasteiger charge is 2.56. The first kappa shape index (κ1) is 11.3. The molecular formula is C7H13NO6. The zero-order valence-electron chi connectivity index (χ0n) is 7.49. The van der Waals surface area contributed by atoms with Crippen LogP contribution < -0.4 is 5.73 Å². The molecule has 7 heteroatoms. The molecule has 14 heavy (non-hydrogen) atoms. The van der Waals surface area contributed by atoms with Crippen LogP contribution in [0.15, 0.2) is 0 Å². The predicted octanol–water partition coefficient (Wildman–Crippen LogP) is -2.77. The first-order valence-electron chi connectivity index (χ1n) is 4.03. The Morgan fingerprint density at radius 2 is 1.93 bits per heavy atom. The number of aliphatic carboxylic acids is 1. The molecule has 0 unspecified atom stereocenters. The van der Waals surface area contributed by atoms with E-state index in [9.17, 15) is 15.0 Å². The van der Waals surface area contributed by atoms with Crippen LogP contribution in [0.4, 0.5) is 0 Å². The molecule has 0 aromatic heterocycles. The van der Waals surface area contributed by atoms with Crippen molar-refractivity contribution in [2.24, 2.45) is 5.73 Å². The van der Waals surface area contributed by atoms with Gasteiger partial charge in [0.2, 0.25) is 0 Å². The lowest BCUT2D eigenvalue weighted by Crippen LogP contribution is -2.73. The number of carboxylic acids is 1. The van der Waals surface area contributed by atoms with Crippen molar-refractivity contribution in [2.45, 2.75) is 37.1 Å². The van der Waals surface area contributed by atoms with E-state index in [0.717, 1.165) is 0 Å². The molecule has 0 bridgehead atoms. The van der Waals surface area contributed by atoms with Crippen molar-refractivity contribution in [1.82, 2.24) is 0 Å². The lowest BCUT2D eigenvalue weighted by Gasteiger charge is -2.44. The lowest BCUT2D eigenvalue weighted by molar-refractivity contribution is -0.269. The van der Waals surface area contributed by atoms with Gasteiger partial charge in [-0.2, -0.15) is 0 Å². The molecule has 0 aliphatic carbocycles. The second-order valence-corrected chi connectivity index (χ2v) is 3.34. The summed E-state index contributed by atoms with van der Waals surface area (Å²) in [6.07, 6.45) is -6.24. The van der Waals surface area contributed by atoms with E-state index in [1.54, 1.807) is 0 Å². The Labute approximate surface area is 79.7 Å². The van der Waals surface area contributed by atoms with Gasteiger partial charge in [-0.15, -0.1) is 0 Å². The van der Waals surface area contributed by atoms with Crippen molar-refractivity contribution in [3.63, 3.8) is 0 Å². The highest BCUT2D eigenvalue weighted by atomic mass is 16.6. The molecule has 0 aromatic rings. The summed E-state index contributed by atoms with van der Waals surface area (Å²) in [5.41, 5.74) is 3.28. The molecule has 6 N–H and O–H groups in total. The molecule has 0 radical (unpaired) electrons. The van der Waals surface area contributed by atoms with Crippen LogP contribution in [0.3, 0.4) is 0 Å². The van der Waals surface area contributed by atoms with Gasteiger partial charge in [0.15, 0.2) is 11.8 Å². The molecule has 0 aromatic carbocycles. The molecule has 0 saturated carbocycles. The zero-order valence-corrected chi connectivity index (χ0v) is 7.49. The number of rotatable bonds is 1. The average molecular weight is 207 g/mol. The SMILES string of the molecule is C[C@@H]1O[C@@H](O)[C@H](O)[C@H](O)[C@@]1(N)C(=O)O. The molecule has 1 aliphatic rings. The van der Waals surface area contributed by atoms with E-state index in [4.69, 9.17) is 15.9 Å². The number of carboxylic acid groups (broad SMARTS) is 1. The van der Waals surface area contributed by atoms with E-state index >= 15 is 0 Å². The molecule has 5 atom stereocenters. The standard InChI is InChI=1S/C7H13NO6/c1-2-7(8,6(12)13)4(10)3(9)5(11)14-2/h2-5,9-11H,8H2,1H3,(H,12,13)/t2-,3+,4-,5+,7+/m0/s1. The zero-order chi connectivity index (χ0) is 11.1. The average Bonchev–Trinajstić information content (AvgIpc) is 2.11. The van der Waals surface area contributed by atoms with Crippen molar-refractivity contribution in [2.75, 3.05) is 0 Å². The topological polar surface area (TPSA) is 133 Å². The summed E-state index contributed by atoms with van der Waals surface area (Å²) in [5, 5.41) is 36.4. The van der Waals surface area contributed by atoms with E-state index in [2.05, 4.69) is 4.74 Å². The van der Waals surface area contributed by atoms with E-state index in [1.807, 2.05) is 0 Å². The van der Waals surface area contributed by atoms with Gasteiger partial charge in [-0.25, -0.2) is 0 Å². The van der Waals surface area contributed by atoms with E-state index < -0.39 is 36.1 Å². The Kier molecular flexibility index (Phi) is 2.79. The summed E-state index contributed by atoms with van der Waals surface area (Å²) in [6.45, 7) is 1.30. The number of aliphatic hydroxyl groups excluding tert-OH is 3. The molecule has 1 heterocycles. The van der Waals surface area contributed by atoms with E-state index in [-0.39, 0.29) is 0 Å². The van der Waals surface area contributed by atoms with E-state index in [0.29, 0.717) is 0 Å². The monoisotopic (exact) mass is 207 g/mol. The minimum atomic E-state index is -2.11. The van der Waals surface area contributed by atoms with Gasteiger partial charge in [0.25, 0.3) is 0 Å². The molecule has 1 fully saturated rings. The second kappa shape index (κ2) is 3.44. The number of aliphatic hydroxyl groups is 3. The highest BCUT2D eigenvalue weighted by molar-refractivity contribution is 5.80. The molecule has 1 rings (SSSR count). The van der Waals surface area contributed by atoms with Gasteiger partial charge in [0.1, 0.15) is 12.2 Å². The second-order valence-electron chi connectivity index (χ2n) is 3.34. The van der Waals surface area contributed by atoms with Gasteiger partial charge in [-0.3, -0.25) is 4.79 Å². The van der Waals surface area contributed by atoms with Crippen molar-refractivity contribution in [3.05, 3.63) is 0 Å². The predicted molar refractivity (Wildman–Crippen MR) is 43.1 cm³/mol. The van der Waals surface area contributed by atoms with Crippen molar-refractivity contribution in [1.29, 1.82) is 0 Å². The van der Waals surface area contributed by atoms with Crippen LogP contribution >= 0.6 is 0 Å². The van der Waals surface area contributed by atoms with Gasteiger partial charge >= 0.3 is 5.97 Å². The van der Waals surface area contributed by atoms with Crippen molar-refractivity contribution >= 4 is 5.97 Å². The minimum absolute atomic E-state index is 1.10. The van der Waals surface area contributed by atoms with Gasteiger partial charge in [-0.1, -0.05) is 0 Å². The minimum Gasteiger partial charge on any atom is -0.480 e. The first-order valence-corrected chi connectivity index (χ1v) is 4.03. The van der Waals surface area contributed by atoms with Crippen LogP contribution in [-0.4, -0.2) is 56.5 Å². The summed E-state index contributed by atoms with van der Waals surface area (Å²) in [5.74, 6) is -1.50. The van der Waals surface area contributed by atoms with Gasteiger partial charge in [0.05, 0.1) is 6.10 Å². The maximum absolute atomic E-state index is 10.8. The Morgan fingerprint density at radius 3 is 2.36 bits per heavy atom. The van der Waals surface area contributed by atoms with Crippen LogP contribution in [0.1, 0.15) is 6.92 Å². The summed E-state index contributed by atoms with van der Waals surface area (Å²) in [7, 11) is 0. The van der Waals surface area contributed by atoms with Gasteiger partial charge in [0, 0.05) is 0 Å². The van der Waals surface area contributed by atoms with Crippen LogP contribution in [0.25, 0.3) is 0 Å². The van der Waals surface area contributed by atoms with Gasteiger partial charge in [-0.05, 0) is 6.92 Å². The number of hydrogen-bond acceptors (Lipinski definition) is 6. The number of ether oxygens (including phenoxy) is 1. The lowest BCUT2D eigenvalue weighted by atomic mass is 9.82. The molecule has 82 valence electrons. The highest BCUT2D eigenvalue weighted by Crippen LogP contribution is 2.27. The Morgan fingerprint density at radius 1 is 1.43 bits per heavy atom. The fourth-order valence-electron chi connectivity index (χ4n) is 1.38. The fraction of sp³-hybridized carbons (Fsp3) is 0.857. The van der Waals surface area contributed by atoms with Crippen LogP contribution in [0, 0.1) is 0 Å². The quantitative estimate of drug-likeness (QED) is 0.314. The summed E-state index contributed by atoms with van der Waals surface area (Å²) >= 11 is 0. The molecule has 1 saturated heterocycles. The third-order valence-electron chi connectivity index (χ3n) is 2.49. The molecular weight excluding hydrogens is 194 g/mol. The molecule has 1 aliphatic heterocycles. The summed E-state index contributed by atoms with van der Waals surface area (Å²) < 4.78 is 4.69. The molecule has 7 nitrogen and oxygen atoms in total.